The van der Waals surface area contributed by atoms with Gasteiger partial charge in [-0.3, -0.25) is 0 Å². The van der Waals surface area contributed by atoms with E-state index >= 15 is 0 Å². The zero-order valence-corrected chi connectivity index (χ0v) is 42.3. The molecule has 0 fully saturated rings. The highest BCUT2D eigenvalue weighted by molar-refractivity contribution is 6.00. The molecular weight excluding hydrogens is 933 g/mol. The van der Waals surface area contributed by atoms with Crippen LogP contribution in [-0.2, 0) is 5.41 Å². The standard InChI is InChI=1S/C73H52N4/c1-9-25-53(26-10-1)74(54-27-11-2-12-28-54)61-41-45-69-65(49-61)66-50-62(75(55-29-13-3-14-30-55)56-31-15-4-16-32-56)42-46-70(66)73(69)71-47-43-63(76(57-33-17-5-18-34-57)58-35-19-6-20-36-58)51-67(71)68-52-64(44-48-72(68)73)77(59-37-21-7-22-38-59)60-39-23-8-24-40-60/h1-52H. The van der Waals surface area contributed by atoms with Crippen LogP contribution < -0.4 is 19.6 Å². The maximum Gasteiger partial charge on any atom is 0.0725 e. The quantitative estimate of drug-likeness (QED) is 0.121. The Balaban J connectivity index is 1.06. The fraction of sp³-hybridized carbons (Fsp3) is 0.0137. The lowest BCUT2D eigenvalue weighted by atomic mass is 9.70. The lowest BCUT2D eigenvalue weighted by Crippen LogP contribution is -2.26. The number of hydrogen-bond donors (Lipinski definition) is 0. The van der Waals surface area contributed by atoms with Gasteiger partial charge in [-0.2, -0.15) is 0 Å². The van der Waals surface area contributed by atoms with E-state index in [9.17, 15) is 0 Å². The van der Waals surface area contributed by atoms with Crippen LogP contribution in [0.5, 0.6) is 0 Å². The highest BCUT2D eigenvalue weighted by Crippen LogP contribution is 2.65. The largest absolute Gasteiger partial charge is 0.310 e. The van der Waals surface area contributed by atoms with E-state index in [1.165, 1.54) is 44.5 Å². The second kappa shape index (κ2) is 19.3. The van der Waals surface area contributed by atoms with Gasteiger partial charge in [0.25, 0.3) is 0 Å². The molecule has 4 heteroatoms. The molecule has 0 radical (unpaired) electrons. The van der Waals surface area contributed by atoms with Gasteiger partial charge in [-0.05, 0) is 190 Å². The number of para-hydroxylation sites is 8. The number of nitrogens with zero attached hydrogens (tertiary/aromatic N) is 4. The van der Waals surface area contributed by atoms with Crippen molar-refractivity contribution in [1.82, 2.24) is 0 Å². The molecule has 0 unspecified atom stereocenters. The lowest BCUT2D eigenvalue weighted by molar-refractivity contribution is 0.793. The first-order chi connectivity index (χ1) is 38.2. The third-order valence-electron chi connectivity index (χ3n) is 15.4. The van der Waals surface area contributed by atoms with Gasteiger partial charge in [-0.25, -0.2) is 0 Å². The van der Waals surface area contributed by atoms with E-state index in [1.807, 2.05) is 0 Å². The van der Waals surface area contributed by atoms with Gasteiger partial charge in [0.1, 0.15) is 0 Å². The smallest absolute Gasteiger partial charge is 0.0725 e. The molecule has 2 aliphatic carbocycles. The molecule has 364 valence electrons. The molecule has 0 bridgehead atoms. The number of anilines is 12. The van der Waals surface area contributed by atoms with Crippen LogP contribution in [0.1, 0.15) is 22.3 Å². The second-order valence-corrected chi connectivity index (χ2v) is 19.7. The van der Waals surface area contributed by atoms with Crippen LogP contribution >= 0.6 is 0 Å². The number of fused-ring (bicyclic) bond motifs is 10. The Kier molecular flexibility index (Phi) is 11.4. The van der Waals surface area contributed by atoms with Crippen molar-refractivity contribution in [3.63, 3.8) is 0 Å². The van der Waals surface area contributed by atoms with Gasteiger partial charge in [0, 0.05) is 68.2 Å². The van der Waals surface area contributed by atoms with E-state index in [1.54, 1.807) is 0 Å². The second-order valence-electron chi connectivity index (χ2n) is 19.7. The van der Waals surface area contributed by atoms with Gasteiger partial charge >= 0.3 is 0 Å². The summed E-state index contributed by atoms with van der Waals surface area (Å²) >= 11 is 0. The summed E-state index contributed by atoms with van der Waals surface area (Å²) in [6, 6.07) is 115. The van der Waals surface area contributed by atoms with Crippen molar-refractivity contribution >= 4 is 68.2 Å². The molecule has 1 spiro atoms. The van der Waals surface area contributed by atoms with Gasteiger partial charge < -0.3 is 19.6 Å². The van der Waals surface area contributed by atoms with E-state index in [2.05, 4.69) is 335 Å². The summed E-state index contributed by atoms with van der Waals surface area (Å²) in [5.74, 6) is 0. The summed E-state index contributed by atoms with van der Waals surface area (Å²) < 4.78 is 0. The summed E-state index contributed by atoms with van der Waals surface area (Å²) in [7, 11) is 0. The number of hydrogen-bond acceptors (Lipinski definition) is 4. The minimum Gasteiger partial charge on any atom is -0.310 e. The molecule has 2 aliphatic rings. The summed E-state index contributed by atoms with van der Waals surface area (Å²) in [4.78, 5) is 9.53. The maximum atomic E-state index is 2.45. The molecule has 0 saturated heterocycles. The average Bonchev–Trinajstić information content (AvgIpc) is 4.19. The first-order valence-corrected chi connectivity index (χ1v) is 26.4. The topological polar surface area (TPSA) is 13.0 Å². The van der Waals surface area contributed by atoms with Crippen LogP contribution in [0.3, 0.4) is 0 Å². The molecule has 4 nitrogen and oxygen atoms in total. The summed E-state index contributed by atoms with van der Waals surface area (Å²) in [6.45, 7) is 0. The van der Waals surface area contributed by atoms with E-state index in [0.29, 0.717) is 0 Å². The first kappa shape index (κ1) is 45.5. The monoisotopic (exact) mass is 984 g/mol. The molecule has 0 aromatic heterocycles. The van der Waals surface area contributed by atoms with E-state index in [0.717, 1.165) is 68.2 Å². The molecule has 12 aromatic rings. The Morgan fingerprint density at radius 3 is 0.468 bits per heavy atom. The van der Waals surface area contributed by atoms with Crippen LogP contribution in [-0.4, -0.2) is 0 Å². The lowest BCUT2D eigenvalue weighted by Gasteiger charge is -2.32. The maximum absolute atomic E-state index is 2.45. The zero-order valence-electron chi connectivity index (χ0n) is 42.3. The molecule has 0 aliphatic heterocycles. The highest BCUT2D eigenvalue weighted by atomic mass is 15.2. The van der Waals surface area contributed by atoms with Gasteiger partial charge in [-0.1, -0.05) is 170 Å². The Morgan fingerprint density at radius 2 is 0.312 bits per heavy atom. The van der Waals surface area contributed by atoms with Crippen LogP contribution in [0.4, 0.5) is 68.2 Å². The van der Waals surface area contributed by atoms with E-state index in [-0.39, 0.29) is 0 Å². The Bertz CT molecular complexity index is 3330. The van der Waals surface area contributed by atoms with Crippen molar-refractivity contribution in [1.29, 1.82) is 0 Å². The SMILES string of the molecule is c1ccc(N(c2ccccc2)c2ccc3c(c2)-c2cc(N(c4ccccc4)c4ccccc4)ccc2C32c3ccc(N(c4ccccc4)c4ccccc4)cc3-c3cc(N(c4ccccc4)c4ccccc4)ccc32)cc1. The van der Waals surface area contributed by atoms with Gasteiger partial charge in [0.05, 0.1) is 5.41 Å². The minimum absolute atomic E-state index is 0.674. The molecule has 77 heavy (non-hydrogen) atoms. The third-order valence-corrected chi connectivity index (χ3v) is 15.4. The Hall–Kier alpha value is -10.2. The zero-order chi connectivity index (χ0) is 51.1. The van der Waals surface area contributed by atoms with Crippen LogP contribution in [0.15, 0.2) is 315 Å². The van der Waals surface area contributed by atoms with Crippen molar-refractivity contribution in [3.8, 4) is 22.3 Å². The molecule has 14 rings (SSSR count). The summed E-state index contributed by atoms with van der Waals surface area (Å²) in [5.41, 5.74) is 22.3. The Labute approximate surface area is 450 Å². The molecule has 0 heterocycles. The highest BCUT2D eigenvalue weighted by Gasteiger charge is 2.52. The van der Waals surface area contributed by atoms with Gasteiger partial charge in [0.15, 0.2) is 0 Å². The van der Waals surface area contributed by atoms with E-state index < -0.39 is 5.41 Å². The number of rotatable bonds is 12. The first-order valence-electron chi connectivity index (χ1n) is 26.4. The predicted molar refractivity (Wildman–Crippen MR) is 321 cm³/mol. The van der Waals surface area contributed by atoms with Crippen LogP contribution in [0, 0.1) is 0 Å². The molecule has 0 amide bonds. The predicted octanol–water partition coefficient (Wildman–Crippen LogP) is 19.9. The van der Waals surface area contributed by atoms with E-state index in [4.69, 9.17) is 0 Å². The van der Waals surface area contributed by atoms with Crippen molar-refractivity contribution in [2.24, 2.45) is 0 Å². The third kappa shape index (κ3) is 7.77. The molecule has 12 aromatic carbocycles. The fourth-order valence-corrected chi connectivity index (χ4v) is 12.2. The fourth-order valence-electron chi connectivity index (χ4n) is 12.2. The molecular formula is C73H52N4. The van der Waals surface area contributed by atoms with Crippen molar-refractivity contribution in [2.75, 3.05) is 19.6 Å². The van der Waals surface area contributed by atoms with Crippen molar-refractivity contribution in [2.45, 2.75) is 5.41 Å². The van der Waals surface area contributed by atoms with Crippen LogP contribution in [0.25, 0.3) is 22.3 Å². The van der Waals surface area contributed by atoms with Crippen molar-refractivity contribution in [3.05, 3.63) is 338 Å². The normalized spacial score (nSPS) is 12.3. The van der Waals surface area contributed by atoms with Crippen LogP contribution in [0.2, 0.25) is 0 Å². The van der Waals surface area contributed by atoms with Gasteiger partial charge in [-0.15, -0.1) is 0 Å². The number of benzene rings is 12. The van der Waals surface area contributed by atoms with Crippen molar-refractivity contribution < 1.29 is 0 Å². The molecule has 0 N–H and O–H groups in total. The average molecular weight is 985 g/mol. The summed E-state index contributed by atoms with van der Waals surface area (Å²) in [5, 5.41) is 0. The van der Waals surface area contributed by atoms with Gasteiger partial charge in [0.2, 0.25) is 0 Å². The minimum atomic E-state index is -0.674. The molecule has 0 atom stereocenters. The summed E-state index contributed by atoms with van der Waals surface area (Å²) in [6.07, 6.45) is 0. The Morgan fingerprint density at radius 1 is 0.156 bits per heavy atom. The molecule has 0 saturated carbocycles.